The zero-order valence-corrected chi connectivity index (χ0v) is 11.5. The average Bonchev–Trinajstić information content (AvgIpc) is 2.95. The van der Waals surface area contributed by atoms with Crippen molar-refractivity contribution in [3.05, 3.63) is 59.3 Å². The molecule has 0 fully saturated rings. The second-order valence-electron chi connectivity index (χ2n) is 5.37. The molecule has 1 atom stereocenters. The summed E-state index contributed by atoms with van der Waals surface area (Å²) >= 11 is 0. The van der Waals surface area contributed by atoms with Crippen molar-refractivity contribution in [3.8, 4) is 0 Å². The molecule has 2 aromatic rings. The summed E-state index contributed by atoms with van der Waals surface area (Å²) in [5, 5.41) is 12.9. The van der Waals surface area contributed by atoms with Crippen LogP contribution in [-0.2, 0) is 19.3 Å². The van der Waals surface area contributed by atoms with Crippen molar-refractivity contribution in [1.29, 1.82) is 0 Å². The molecule has 1 heterocycles. The zero-order chi connectivity index (χ0) is 13.8. The summed E-state index contributed by atoms with van der Waals surface area (Å²) in [5.41, 5.74) is 3.81. The third kappa shape index (κ3) is 2.99. The van der Waals surface area contributed by atoms with Gasteiger partial charge in [0.15, 0.2) is 0 Å². The summed E-state index contributed by atoms with van der Waals surface area (Å²) in [6.07, 6.45) is 4.23. The minimum atomic E-state index is 0.00403. The number of benzene rings is 1. The van der Waals surface area contributed by atoms with E-state index in [1.165, 1.54) is 23.2 Å². The van der Waals surface area contributed by atoms with Gasteiger partial charge in [-0.3, -0.25) is 0 Å². The second-order valence-corrected chi connectivity index (χ2v) is 5.37. The molecule has 3 nitrogen and oxygen atoms in total. The molecule has 0 saturated heterocycles. The van der Waals surface area contributed by atoms with E-state index in [-0.39, 0.29) is 12.6 Å². The third-order valence-corrected chi connectivity index (χ3v) is 3.83. The van der Waals surface area contributed by atoms with Crippen LogP contribution in [0.15, 0.2) is 42.5 Å². The lowest BCUT2D eigenvalue weighted by Crippen LogP contribution is -2.27. The van der Waals surface area contributed by atoms with E-state index in [9.17, 15) is 5.11 Å². The lowest BCUT2D eigenvalue weighted by molar-refractivity contribution is 0.273. The third-order valence-electron chi connectivity index (χ3n) is 3.83. The minimum absolute atomic E-state index is 0.00403. The highest BCUT2D eigenvalue weighted by molar-refractivity contribution is 5.41. The van der Waals surface area contributed by atoms with Crippen molar-refractivity contribution in [2.24, 2.45) is 0 Å². The number of aliphatic hydroxyl groups is 1. The van der Waals surface area contributed by atoms with E-state index in [0.717, 1.165) is 25.1 Å². The van der Waals surface area contributed by atoms with Crippen LogP contribution in [0.1, 0.15) is 23.2 Å². The number of aromatic nitrogens is 1. The van der Waals surface area contributed by atoms with Gasteiger partial charge in [0.05, 0.1) is 12.6 Å². The van der Waals surface area contributed by atoms with Gasteiger partial charge in [-0.25, -0.2) is 4.98 Å². The van der Waals surface area contributed by atoms with Crippen molar-refractivity contribution in [2.45, 2.75) is 31.7 Å². The lowest BCUT2D eigenvalue weighted by Gasteiger charge is -2.17. The molecule has 1 unspecified atom stereocenters. The minimum Gasteiger partial charge on any atom is -0.394 e. The molecule has 0 aliphatic heterocycles. The SMILES string of the molecule is OCC(Cc1ccccc1)Nc1ccc2c(n1)CCC2. The van der Waals surface area contributed by atoms with Crippen LogP contribution in [0, 0.1) is 0 Å². The molecule has 0 amide bonds. The molecule has 3 heteroatoms. The van der Waals surface area contributed by atoms with Gasteiger partial charge in [0.25, 0.3) is 0 Å². The number of anilines is 1. The molecule has 0 radical (unpaired) electrons. The Morgan fingerprint density at radius 2 is 1.95 bits per heavy atom. The van der Waals surface area contributed by atoms with E-state index in [1.807, 2.05) is 24.3 Å². The first-order chi connectivity index (χ1) is 9.85. The van der Waals surface area contributed by atoms with Crippen LogP contribution >= 0.6 is 0 Å². The highest BCUT2D eigenvalue weighted by atomic mass is 16.3. The Morgan fingerprint density at radius 1 is 1.10 bits per heavy atom. The first-order valence-electron chi connectivity index (χ1n) is 7.25. The molecule has 0 spiro atoms. The Kier molecular flexibility index (Phi) is 3.97. The molecule has 0 bridgehead atoms. The maximum absolute atomic E-state index is 9.55. The standard InChI is InChI=1S/C17H20N2O/c20-12-15(11-13-5-2-1-3-6-13)18-17-10-9-14-7-4-8-16(14)19-17/h1-3,5-6,9-10,15,20H,4,7-8,11-12H2,(H,18,19). The smallest absolute Gasteiger partial charge is 0.126 e. The first kappa shape index (κ1) is 13.1. The molecule has 0 saturated carbocycles. The number of nitrogens with zero attached hydrogens (tertiary/aromatic N) is 1. The number of hydrogen-bond donors (Lipinski definition) is 2. The number of pyridine rings is 1. The van der Waals surface area contributed by atoms with Gasteiger partial charge >= 0.3 is 0 Å². The molecule has 20 heavy (non-hydrogen) atoms. The fourth-order valence-electron chi connectivity index (χ4n) is 2.77. The fraction of sp³-hybridized carbons (Fsp3) is 0.353. The van der Waals surface area contributed by atoms with Gasteiger partial charge in [-0.1, -0.05) is 36.4 Å². The van der Waals surface area contributed by atoms with Crippen LogP contribution in [-0.4, -0.2) is 22.7 Å². The summed E-state index contributed by atoms with van der Waals surface area (Å²) in [6.45, 7) is 0.105. The van der Waals surface area contributed by atoms with Gasteiger partial charge in [0, 0.05) is 5.69 Å². The van der Waals surface area contributed by atoms with Crippen molar-refractivity contribution >= 4 is 5.82 Å². The summed E-state index contributed by atoms with van der Waals surface area (Å²) in [5.74, 6) is 0.876. The molecule has 2 N–H and O–H groups in total. The number of nitrogens with one attached hydrogen (secondary N) is 1. The van der Waals surface area contributed by atoms with Gasteiger partial charge in [-0.2, -0.15) is 0 Å². The molecular weight excluding hydrogens is 248 g/mol. The monoisotopic (exact) mass is 268 g/mol. The van der Waals surface area contributed by atoms with Gasteiger partial charge in [0.1, 0.15) is 5.82 Å². The van der Waals surface area contributed by atoms with E-state index in [2.05, 4.69) is 28.5 Å². The van der Waals surface area contributed by atoms with E-state index in [1.54, 1.807) is 0 Å². The van der Waals surface area contributed by atoms with Gasteiger partial charge in [-0.05, 0) is 42.9 Å². The van der Waals surface area contributed by atoms with Crippen molar-refractivity contribution in [1.82, 2.24) is 4.98 Å². The Balaban J connectivity index is 1.68. The van der Waals surface area contributed by atoms with Crippen LogP contribution in [0.5, 0.6) is 0 Å². The second kappa shape index (κ2) is 6.06. The Labute approximate surface area is 119 Å². The van der Waals surface area contributed by atoms with Gasteiger partial charge < -0.3 is 10.4 Å². The maximum Gasteiger partial charge on any atom is 0.126 e. The molecule has 1 aliphatic carbocycles. The van der Waals surface area contributed by atoms with Gasteiger partial charge in [0.2, 0.25) is 0 Å². The van der Waals surface area contributed by atoms with Crippen LogP contribution in [0.3, 0.4) is 0 Å². The number of aliphatic hydroxyl groups excluding tert-OH is 1. The number of fused-ring (bicyclic) bond motifs is 1. The van der Waals surface area contributed by atoms with Gasteiger partial charge in [-0.15, -0.1) is 0 Å². The topological polar surface area (TPSA) is 45.1 Å². The number of hydrogen-bond acceptors (Lipinski definition) is 3. The van der Waals surface area contributed by atoms with Crippen molar-refractivity contribution in [2.75, 3.05) is 11.9 Å². The largest absolute Gasteiger partial charge is 0.394 e. The fourth-order valence-corrected chi connectivity index (χ4v) is 2.77. The Hall–Kier alpha value is -1.87. The number of aryl methyl sites for hydroxylation is 2. The highest BCUT2D eigenvalue weighted by Gasteiger charge is 2.14. The lowest BCUT2D eigenvalue weighted by atomic mass is 10.1. The first-order valence-corrected chi connectivity index (χ1v) is 7.25. The van der Waals surface area contributed by atoms with Crippen LogP contribution in [0.4, 0.5) is 5.82 Å². The normalized spacial score (nSPS) is 14.8. The molecule has 1 aromatic carbocycles. The predicted molar refractivity (Wildman–Crippen MR) is 80.9 cm³/mol. The maximum atomic E-state index is 9.55. The Bertz CT molecular complexity index is 568. The van der Waals surface area contributed by atoms with Crippen molar-refractivity contribution in [3.63, 3.8) is 0 Å². The molecule has 1 aromatic heterocycles. The van der Waals surface area contributed by atoms with E-state index >= 15 is 0 Å². The summed E-state index contributed by atoms with van der Waals surface area (Å²) in [7, 11) is 0. The number of rotatable bonds is 5. The predicted octanol–water partition coefficient (Wildman–Crippen LogP) is 2.59. The summed E-state index contributed by atoms with van der Waals surface area (Å²) in [4.78, 5) is 4.66. The quantitative estimate of drug-likeness (QED) is 0.876. The zero-order valence-electron chi connectivity index (χ0n) is 11.5. The van der Waals surface area contributed by atoms with Crippen LogP contribution in [0.2, 0.25) is 0 Å². The molecular formula is C17H20N2O. The van der Waals surface area contributed by atoms with Crippen molar-refractivity contribution < 1.29 is 5.11 Å². The molecule has 104 valence electrons. The average molecular weight is 268 g/mol. The Morgan fingerprint density at radius 3 is 2.75 bits per heavy atom. The van der Waals surface area contributed by atoms with E-state index in [0.29, 0.717) is 0 Å². The summed E-state index contributed by atoms with van der Waals surface area (Å²) < 4.78 is 0. The van der Waals surface area contributed by atoms with E-state index < -0.39 is 0 Å². The summed E-state index contributed by atoms with van der Waals surface area (Å²) in [6, 6.07) is 14.4. The molecule has 3 rings (SSSR count). The van der Waals surface area contributed by atoms with E-state index in [4.69, 9.17) is 0 Å². The van der Waals surface area contributed by atoms with Crippen LogP contribution < -0.4 is 5.32 Å². The molecule has 1 aliphatic rings. The van der Waals surface area contributed by atoms with Crippen LogP contribution in [0.25, 0.3) is 0 Å². The highest BCUT2D eigenvalue weighted by Crippen LogP contribution is 2.22.